The minimum atomic E-state index is -4.83. The van der Waals surface area contributed by atoms with E-state index >= 15 is 0 Å². The van der Waals surface area contributed by atoms with Crippen LogP contribution in [0.1, 0.15) is 23.6 Å². The van der Waals surface area contributed by atoms with Gasteiger partial charge < -0.3 is 10.2 Å². The molecule has 34 heavy (non-hydrogen) atoms. The number of carbonyl (C=O) groups is 2. The number of amides is 2. The fourth-order valence-corrected chi connectivity index (χ4v) is 4.25. The molecule has 2 amide bonds. The van der Waals surface area contributed by atoms with E-state index in [-0.39, 0.29) is 12.2 Å². The molecular formula is C22H25ClF3N3O4S. The number of likely N-dealkylation sites (N-methyl/N-ethyl adjacent to an activating group) is 1. The van der Waals surface area contributed by atoms with Crippen LogP contribution in [0.25, 0.3) is 0 Å². The number of nitrogens with zero attached hydrogens (tertiary/aromatic N) is 2. The average molecular weight is 520 g/mol. The van der Waals surface area contributed by atoms with Crippen molar-refractivity contribution in [3.8, 4) is 0 Å². The maximum Gasteiger partial charge on any atom is 0.417 e. The summed E-state index contributed by atoms with van der Waals surface area (Å²) in [4.78, 5) is 26.7. The van der Waals surface area contributed by atoms with Crippen LogP contribution in [-0.4, -0.2) is 51.0 Å². The lowest BCUT2D eigenvalue weighted by molar-refractivity contribution is -0.139. The minimum absolute atomic E-state index is 0.0142. The minimum Gasteiger partial charge on any atom is -0.357 e. The van der Waals surface area contributed by atoms with Crippen molar-refractivity contribution in [3.63, 3.8) is 0 Å². The monoisotopic (exact) mass is 519 g/mol. The van der Waals surface area contributed by atoms with Gasteiger partial charge in [-0.3, -0.25) is 13.9 Å². The number of alkyl halides is 3. The summed E-state index contributed by atoms with van der Waals surface area (Å²) in [7, 11) is -2.79. The number of hydrogen-bond acceptors (Lipinski definition) is 4. The Morgan fingerprint density at radius 3 is 2.21 bits per heavy atom. The van der Waals surface area contributed by atoms with Crippen LogP contribution in [-0.2, 0) is 32.3 Å². The zero-order valence-corrected chi connectivity index (χ0v) is 20.6. The third kappa shape index (κ3) is 6.86. The molecule has 0 radical (unpaired) electrons. The highest BCUT2D eigenvalue weighted by molar-refractivity contribution is 7.92. The van der Waals surface area contributed by atoms with Crippen molar-refractivity contribution in [1.82, 2.24) is 10.2 Å². The number of nitrogens with one attached hydrogen (secondary N) is 1. The molecule has 2 aromatic rings. The van der Waals surface area contributed by atoms with Crippen molar-refractivity contribution >= 4 is 39.1 Å². The van der Waals surface area contributed by atoms with Gasteiger partial charge >= 0.3 is 6.18 Å². The summed E-state index contributed by atoms with van der Waals surface area (Å²) in [6.45, 7) is 2.52. The standard InChI is InChI=1S/C22H25ClF3N3O4S/c1-14-5-7-16(8-6-14)12-28(15(2)21(31)27-3)20(30)13-29(34(4,32)33)17-9-10-19(23)18(11-17)22(24,25)26/h5-11,15H,12-13H2,1-4H3,(H,27,31). The van der Waals surface area contributed by atoms with Gasteiger partial charge in [0.15, 0.2) is 0 Å². The number of hydrogen-bond donors (Lipinski definition) is 1. The van der Waals surface area contributed by atoms with Crippen LogP contribution in [0.3, 0.4) is 0 Å². The van der Waals surface area contributed by atoms with Gasteiger partial charge in [0.1, 0.15) is 12.6 Å². The highest BCUT2D eigenvalue weighted by Gasteiger charge is 2.35. The predicted octanol–water partition coefficient (Wildman–Crippen LogP) is 3.60. The maximum atomic E-state index is 13.3. The lowest BCUT2D eigenvalue weighted by Crippen LogP contribution is -2.50. The van der Waals surface area contributed by atoms with Crippen LogP contribution in [0.5, 0.6) is 0 Å². The molecule has 0 aliphatic carbocycles. The van der Waals surface area contributed by atoms with E-state index in [0.717, 1.165) is 24.0 Å². The molecule has 1 unspecified atom stereocenters. The van der Waals surface area contributed by atoms with Gasteiger partial charge in [-0.2, -0.15) is 13.2 Å². The topological polar surface area (TPSA) is 86.8 Å². The lowest BCUT2D eigenvalue weighted by atomic mass is 10.1. The average Bonchev–Trinajstić information content (AvgIpc) is 2.74. The molecule has 1 N–H and O–H groups in total. The lowest BCUT2D eigenvalue weighted by Gasteiger charge is -2.31. The van der Waals surface area contributed by atoms with Gasteiger partial charge in [0.05, 0.1) is 22.5 Å². The Bertz CT molecular complexity index is 1150. The highest BCUT2D eigenvalue weighted by Crippen LogP contribution is 2.37. The zero-order valence-electron chi connectivity index (χ0n) is 19.0. The molecule has 0 aromatic heterocycles. The molecule has 0 bridgehead atoms. The van der Waals surface area contributed by atoms with Crippen LogP contribution >= 0.6 is 11.6 Å². The normalized spacial score (nSPS) is 12.7. The van der Waals surface area contributed by atoms with E-state index in [0.29, 0.717) is 15.9 Å². The molecule has 0 saturated carbocycles. The summed E-state index contributed by atoms with van der Waals surface area (Å²) >= 11 is 5.64. The van der Waals surface area contributed by atoms with E-state index in [2.05, 4.69) is 5.32 Å². The molecule has 0 spiro atoms. The molecule has 0 aliphatic rings. The van der Waals surface area contributed by atoms with E-state index in [4.69, 9.17) is 11.6 Å². The molecule has 0 aliphatic heterocycles. The van der Waals surface area contributed by atoms with Crippen LogP contribution in [0, 0.1) is 6.92 Å². The third-order valence-electron chi connectivity index (χ3n) is 5.11. The Kier molecular flexibility index (Phi) is 8.59. The highest BCUT2D eigenvalue weighted by atomic mass is 35.5. The summed E-state index contributed by atoms with van der Waals surface area (Å²) in [6.07, 6.45) is -4.06. The molecule has 0 saturated heterocycles. The molecule has 0 fully saturated rings. The van der Waals surface area contributed by atoms with E-state index in [1.807, 2.05) is 19.1 Å². The van der Waals surface area contributed by atoms with Crippen LogP contribution in [0.2, 0.25) is 5.02 Å². The molecule has 7 nitrogen and oxygen atoms in total. The van der Waals surface area contributed by atoms with Gasteiger partial charge in [0.2, 0.25) is 21.8 Å². The first-order chi connectivity index (χ1) is 15.6. The van der Waals surface area contributed by atoms with Crippen molar-refractivity contribution < 1.29 is 31.2 Å². The number of benzene rings is 2. The molecule has 2 rings (SSSR count). The van der Waals surface area contributed by atoms with Crippen LogP contribution in [0.15, 0.2) is 42.5 Å². The van der Waals surface area contributed by atoms with Gasteiger partial charge in [-0.25, -0.2) is 8.42 Å². The van der Waals surface area contributed by atoms with Crippen molar-refractivity contribution in [3.05, 3.63) is 64.2 Å². The Hall–Kier alpha value is -2.79. The Labute approximate surface area is 201 Å². The fraction of sp³-hybridized carbons (Fsp3) is 0.364. The first kappa shape index (κ1) is 27.5. The number of carbonyl (C=O) groups excluding carboxylic acids is 2. The summed E-state index contributed by atoms with van der Waals surface area (Å²) in [5.41, 5.74) is 0.0531. The zero-order chi connectivity index (χ0) is 25.8. The van der Waals surface area contributed by atoms with Gasteiger partial charge in [-0.15, -0.1) is 0 Å². The molecule has 0 heterocycles. The molecular weight excluding hydrogens is 495 g/mol. The second kappa shape index (κ2) is 10.6. The van der Waals surface area contributed by atoms with E-state index in [1.54, 1.807) is 12.1 Å². The summed E-state index contributed by atoms with van der Waals surface area (Å²) in [5, 5.41) is 1.83. The first-order valence-corrected chi connectivity index (χ1v) is 12.3. The van der Waals surface area contributed by atoms with Crippen LogP contribution < -0.4 is 9.62 Å². The summed E-state index contributed by atoms with van der Waals surface area (Å²) < 4.78 is 65.4. The number of anilines is 1. The largest absolute Gasteiger partial charge is 0.417 e. The number of halogens is 4. The van der Waals surface area contributed by atoms with Crippen molar-refractivity contribution in [1.29, 1.82) is 0 Å². The van der Waals surface area contributed by atoms with Crippen molar-refractivity contribution in [2.75, 3.05) is 24.2 Å². The number of sulfonamides is 1. The van der Waals surface area contributed by atoms with Gasteiger partial charge in [-0.1, -0.05) is 41.4 Å². The van der Waals surface area contributed by atoms with Crippen LogP contribution in [0.4, 0.5) is 18.9 Å². The van der Waals surface area contributed by atoms with Gasteiger partial charge in [0.25, 0.3) is 0 Å². The van der Waals surface area contributed by atoms with Crippen molar-refractivity contribution in [2.45, 2.75) is 32.6 Å². The first-order valence-electron chi connectivity index (χ1n) is 10.1. The molecule has 12 heteroatoms. The maximum absolute atomic E-state index is 13.3. The van der Waals surface area contributed by atoms with E-state index in [1.165, 1.54) is 18.9 Å². The third-order valence-corrected chi connectivity index (χ3v) is 6.58. The Balaban J connectivity index is 2.46. The Morgan fingerprint density at radius 1 is 1.12 bits per heavy atom. The Morgan fingerprint density at radius 2 is 1.71 bits per heavy atom. The summed E-state index contributed by atoms with van der Waals surface area (Å²) in [5.74, 6) is -1.26. The van der Waals surface area contributed by atoms with E-state index in [9.17, 15) is 31.2 Å². The second-order valence-electron chi connectivity index (χ2n) is 7.73. The van der Waals surface area contributed by atoms with Crippen molar-refractivity contribution in [2.24, 2.45) is 0 Å². The fourth-order valence-electron chi connectivity index (χ4n) is 3.18. The molecule has 186 valence electrons. The predicted molar refractivity (Wildman–Crippen MR) is 124 cm³/mol. The van der Waals surface area contributed by atoms with Gasteiger partial charge in [-0.05, 0) is 37.6 Å². The number of rotatable bonds is 8. The quantitative estimate of drug-likeness (QED) is 0.577. The number of aryl methyl sites for hydroxylation is 1. The molecule has 1 atom stereocenters. The summed E-state index contributed by atoms with van der Waals surface area (Å²) in [6, 6.07) is 8.75. The van der Waals surface area contributed by atoms with Gasteiger partial charge in [0, 0.05) is 13.6 Å². The SMILES string of the molecule is CNC(=O)C(C)N(Cc1ccc(C)cc1)C(=O)CN(c1ccc(Cl)c(C(F)(F)F)c1)S(C)(=O)=O. The second-order valence-corrected chi connectivity index (χ2v) is 10.0. The van der Waals surface area contributed by atoms with E-state index < -0.39 is 51.2 Å². The smallest absolute Gasteiger partial charge is 0.357 e. The molecule has 2 aromatic carbocycles.